The molecule has 1 aliphatic heterocycles. The number of hydrogen-bond donors (Lipinski definition) is 7. The molecule has 0 saturated heterocycles. The number of nitrogens with two attached hydrogens (primary N) is 1. The predicted octanol–water partition coefficient (Wildman–Crippen LogP) is 2.56. The Balaban J connectivity index is 1.34. The number of carbonyl (C=O) groups excluding carboxylic acids is 4. The molecule has 2 heterocycles. The number of H-pyrrole nitrogens is 1. The van der Waals surface area contributed by atoms with E-state index in [0.717, 1.165) is 37.7 Å². The Morgan fingerprint density at radius 2 is 1.62 bits per heavy atom. The first-order valence-corrected chi connectivity index (χ1v) is 21.4. The monoisotopic (exact) mass is 791 g/mol. The fourth-order valence-corrected chi connectivity index (χ4v) is 9.59. The molecule has 56 heavy (non-hydrogen) atoms. The molecule has 1 aromatic heterocycles. The van der Waals surface area contributed by atoms with Crippen molar-refractivity contribution in [2.75, 3.05) is 12.3 Å². The second-order valence-corrected chi connectivity index (χ2v) is 17.7. The number of amides is 4. The van der Waals surface area contributed by atoms with Gasteiger partial charge >= 0.3 is 0 Å². The van der Waals surface area contributed by atoms with Crippen molar-refractivity contribution in [1.29, 1.82) is 0 Å². The van der Waals surface area contributed by atoms with Crippen molar-refractivity contribution in [3.63, 3.8) is 0 Å². The van der Waals surface area contributed by atoms with Crippen LogP contribution in [0, 0.1) is 11.8 Å². The highest BCUT2D eigenvalue weighted by atomic mass is 32.2. The summed E-state index contributed by atoms with van der Waals surface area (Å²) in [5, 5.41) is 22.9. The van der Waals surface area contributed by atoms with E-state index in [0.29, 0.717) is 29.8 Å². The highest BCUT2D eigenvalue weighted by Gasteiger charge is 2.37. The third kappa shape index (κ3) is 12.2. The molecule has 3 aromatic rings. The molecule has 0 spiro atoms. The van der Waals surface area contributed by atoms with Crippen LogP contribution in [0.4, 0.5) is 0 Å². The van der Waals surface area contributed by atoms with E-state index in [-0.39, 0.29) is 60.6 Å². The van der Waals surface area contributed by atoms with Crippen LogP contribution in [-0.2, 0) is 48.4 Å². The second kappa shape index (κ2) is 20.0. The molecule has 4 amide bonds. The summed E-state index contributed by atoms with van der Waals surface area (Å²) in [6.07, 6.45) is 7.28. The number of rotatable bonds is 19. The number of nitrogens with one attached hydrogen (secondary N) is 5. The summed E-state index contributed by atoms with van der Waals surface area (Å²) in [6, 6.07) is 11.1. The van der Waals surface area contributed by atoms with E-state index in [2.05, 4.69) is 31.2 Å². The highest BCUT2D eigenvalue weighted by Crippen LogP contribution is 2.37. The van der Waals surface area contributed by atoms with Crippen molar-refractivity contribution in [2.24, 2.45) is 17.6 Å². The Hall–Kier alpha value is -4.60. The van der Waals surface area contributed by atoms with Gasteiger partial charge in [0.1, 0.15) is 12.1 Å². The Labute approximate surface area is 329 Å². The fraction of sp³-hybridized carbons (Fsp3) is 0.537. The zero-order chi connectivity index (χ0) is 40.2. The maximum absolute atomic E-state index is 14.2. The van der Waals surface area contributed by atoms with Crippen LogP contribution in [0.1, 0.15) is 93.5 Å². The average molecular weight is 792 g/mol. The van der Waals surface area contributed by atoms with E-state index >= 15 is 0 Å². The fourth-order valence-electron chi connectivity index (χ4n) is 7.66. The summed E-state index contributed by atoms with van der Waals surface area (Å²) < 4.78 is 26.0. The van der Waals surface area contributed by atoms with Gasteiger partial charge in [-0.2, -0.15) is 0 Å². The maximum Gasteiger partial charge on any atom is 0.243 e. The average Bonchev–Trinajstić information content (AvgIpc) is 3.78. The quantitative estimate of drug-likeness (QED) is 0.0946. The molecule has 5 atom stereocenters. The number of nitrogens with zero attached hydrogens (tertiary/aromatic N) is 1. The number of aliphatic hydroxyl groups is 1. The SMILES string of the molecule is CC(C)CNC(=O)C[C@H](O)[C@H](CC1CCCCC1)NC(=O)[C@H](Cc1cnc[nH]1)NC(=O)[C@H](Cc1ccccc1)NC(=O)CC1CS(=O)(=O)c2cc(CN)ccc21. The molecule has 0 radical (unpaired) electrons. The number of aromatic nitrogens is 2. The van der Waals surface area contributed by atoms with Crippen LogP contribution < -0.4 is 27.0 Å². The predicted molar refractivity (Wildman–Crippen MR) is 212 cm³/mol. The first-order chi connectivity index (χ1) is 26.8. The molecule has 1 unspecified atom stereocenters. The van der Waals surface area contributed by atoms with E-state index in [1.165, 1.54) is 6.33 Å². The highest BCUT2D eigenvalue weighted by molar-refractivity contribution is 7.91. The van der Waals surface area contributed by atoms with Gasteiger partial charge in [-0.15, -0.1) is 0 Å². The largest absolute Gasteiger partial charge is 0.390 e. The van der Waals surface area contributed by atoms with Gasteiger partial charge in [0, 0.05) is 50.2 Å². The number of carbonyl (C=O) groups is 4. The van der Waals surface area contributed by atoms with Crippen LogP contribution in [0.2, 0.25) is 0 Å². The van der Waals surface area contributed by atoms with Gasteiger partial charge in [-0.1, -0.05) is 88.4 Å². The van der Waals surface area contributed by atoms with Crippen LogP contribution in [0.5, 0.6) is 0 Å². The molecule has 2 aliphatic rings. The standard InChI is InChI=1S/C41H57N7O7S/c1-26(2)22-44-38(50)20-36(49)33(15-27-9-5-3-6-10-27)47-41(53)35(19-31-23-43-25-45-31)48-40(52)34(16-28-11-7-4-8-12-28)46-39(51)18-30-24-56(54,55)37-17-29(21-42)13-14-32(30)37/h4,7-8,11-14,17,23,25-27,30,33-36,49H,3,5-6,9-10,15-16,18-22,24,42H2,1-2H3,(H,43,45)(H,44,50)(H,46,51)(H,47,53)(H,48,52)/t30?,33-,34-,35-,36-/m0/s1. The summed E-state index contributed by atoms with van der Waals surface area (Å²) in [7, 11) is -3.62. The Morgan fingerprint density at radius 1 is 0.911 bits per heavy atom. The summed E-state index contributed by atoms with van der Waals surface area (Å²) in [5.41, 5.74) is 8.29. The number of fused-ring (bicyclic) bond motifs is 1. The van der Waals surface area contributed by atoms with Crippen molar-refractivity contribution >= 4 is 33.5 Å². The minimum atomic E-state index is -3.62. The molecule has 1 saturated carbocycles. The van der Waals surface area contributed by atoms with E-state index in [1.807, 2.05) is 44.2 Å². The van der Waals surface area contributed by atoms with Gasteiger partial charge < -0.3 is 37.1 Å². The molecule has 1 aliphatic carbocycles. The minimum Gasteiger partial charge on any atom is -0.390 e. The van der Waals surface area contributed by atoms with Crippen LogP contribution in [0.15, 0.2) is 66.0 Å². The van der Waals surface area contributed by atoms with Gasteiger partial charge in [0.2, 0.25) is 23.6 Å². The molecule has 5 rings (SSSR count). The van der Waals surface area contributed by atoms with E-state index < -0.39 is 57.7 Å². The van der Waals surface area contributed by atoms with Crippen LogP contribution in [0.25, 0.3) is 0 Å². The van der Waals surface area contributed by atoms with Crippen molar-refractivity contribution in [1.82, 2.24) is 31.2 Å². The molecule has 0 bridgehead atoms. The van der Waals surface area contributed by atoms with Gasteiger partial charge in [-0.05, 0) is 41.0 Å². The first kappa shape index (κ1) is 42.5. The lowest BCUT2D eigenvalue weighted by molar-refractivity contribution is -0.133. The Morgan fingerprint density at radius 3 is 2.30 bits per heavy atom. The molecule has 1 fully saturated rings. The third-order valence-corrected chi connectivity index (χ3v) is 12.6. The van der Waals surface area contributed by atoms with Crippen molar-refractivity contribution in [3.05, 3.63) is 83.4 Å². The Kier molecular flexibility index (Phi) is 15.2. The van der Waals surface area contributed by atoms with Gasteiger partial charge in [-0.25, -0.2) is 13.4 Å². The zero-order valence-corrected chi connectivity index (χ0v) is 33.2. The van der Waals surface area contributed by atoms with E-state index in [4.69, 9.17) is 5.73 Å². The lowest BCUT2D eigenvalue weighted by atomic mass is 9.83. The molecular weight excluding hydrogens is 735 g/mol. The molecule has 304 valence electrons. The zero-order valence-electron chi connectivity index (χ0n) is 32.3. The number of aliphatic hydroxyl groups excluding tert-OH is 1. The summed E-state index contributed by atoms with van der Waals surface area (Å²) in [4.78, 5) is 62.0. The van der Waals surface area contributed by atoms with Crippen LogP contribution >= 0.6 is 0 Å². The van der Waals surface area contributed by atoms with Crippen molar-refractivity contribution in [3.8, 4) is 0 Å². The second-order valence-electron chi connectivity index (χ2n) is 15.7. The van der Waals surface area contributed by atoms with Gasteiger partial charge in [0.25, 0.3) is 0 Å². The third-order valence-electron chi connectivity index (χ3n) is 10.7. The van der Waals surface area contributed by atoms with Crippen molar-refractivity contribution < 1.29 is 32.7 Å². The first-order valence-electron chi connectivity index (χ1n) is 19.7. The Bertz CT molecular complexity index is 1880. The normalized spacial score (nSPS) is 18.6. The number of benzene rings is 2. The summed E-state index contributed by atoms with van der Waals surface area (Å²) >= 11 is 0. The lowest BCUT2D eigenvalue weighted by Gasteiger charge is -2.31. The maximum atomic E-state index is 14.2. The van der Waals surface area contributed by atoms with E-state index in [9.17, 15) is 32.7 Å². The van der Waals surface area contributed by atoms with Gasteiger partial charge in [0.05, 0.1) is 35.5 Å². The number of aromatic amines is 1. The number of imidazole rings is 1. The number of hydrogen-bond acceptors (Lipinski definition) is 9. The van der Waals surface area contributed by atoms with Gasteiger partial charge in [0.15, 0.2) is 9.84 Å². The minimum absolute atomic E-state index is 0.0339. The van der Waals surface area contributed by atoms with Gasteiger partial charge in [-0.3, -0.25) is 19.2 Å². The smallest absolute Gasteiger partial charge is 0.243 e. The summed E-state index contributed by atoms with van der Waals surface area (Å²) in [5.74, 6) is -2.35. The topological polar surface area (TPSA) is 225 Å². The van der Waals surface area contributed by atoms with Crippen LogP contribution in [-0.4, -0.2) is 83.6 Å². The van der Waals surface area contributed by atoms with Crippen molar-refractivity contribution in [2.45, 2.75) is 120 Å². The van der Waals surface area contributed by atoms with Crippen LogP contribution in [0.3, 0.4) is 0 Å². The molecular formula is C41H57N7O7S. The molecule has 14 nitrogen and oxygen atoms in total. The summed E-state index contributed by atoms with van der Waals surface area (Å²) in [6.45, 7) is 4.60. The number of sulfone groups is 1. The van der Waals surface area contributed by atoms with E-state index in [1.54, 1.807) is 24.4 Å². The molecule has 8 N–H and O–H groups in total. The molecule has 15 heteroatoms. The molecule has 2 aromatic carbocycles. The lowest BCUT2D eigenvalue weighted by Crippen LogP contribution is -2.57.